The number of aryl methyl sites for hydroxylation is 1. The van der Waals surface area contributed by atoms with E-state index in [4.69, 9.17) is 9.63 Å². The van der Waals surface area contributed by atoms with Crippen LogP contribution >= 0.6 is 0 Å². The summed E-state index contributed by atoms with van der Waals surface area (Å²) in [5, 5.41) is 12.3. The molecule has 1 aromatic carbocycles. The number of carbonyl (C=O) groups is 1. The summed E-state index contributed by atoms with van der Waals surface area (Å²) in [6.07, 6.45) is 0.0282. The molecule has 0 bridgehead atoms. The maximum atomic E-state index is 12.0. The van der Waals surface area contributed by atoms with Crippen LogP contribution in [-0.2, 0) is 22.6 Å². The molecule has 0 unspecified atom stereocenters. The number of carboxylic acid groups (broad SMARTS) is 1. The molecule has 1 aromatic heterocycles. The fourth-order valence-electron chi connectivity index (χ4n) is 1.65. The zero-order valence-electron chi connectivity index (χ0n) is 10.8. The number of ether oxygens (including phenoxy) is 1. The molecular formula is C13H12F2N2O4. The van der Waals surface area contributed by atoms with Crippen LogP contribution in [0.5, 0.6) is 0 Å². The first-order valence-corrected chi connectivity index (χ1v) is 6.08. The van der Waals surface area contributed by atoms with Gasteiger partial charge in [0.2, 0.25) is 11.7 Å². The van der Waals surface area contributed by atoms with Gasteiger partial charge in [0.05, 0.1) is 13.0 Å². The van der Waals surface area contributed by atoms with Gasteiger partial charge in [-0.3, -0.25) is 4.79 Å². The monoisotopic (exact) mass is 298 g/mol. The lowest BCUT2D eigenvalue weighted by molar-refractivity contribution is -0.137. The molecule has 112 valence electrons. The molecule has 0 spiro atoms. The second-order valence-corrected chi connectivity index (χ2v) is 4.18. The van der Waals surface area contributed by atoms with E-state index < -0.39 is 12.6 Å². The Bertz CT molecular complexity index is 616. The Labute approximate surface area is 118 Å². The van der Waals surface area contributed by atoms with Crippen LogP contribution in [0.1, 0.15) is 17.9 Å². The molecule has 0 fully saturated rings. The van der Waals surface area contributed by atoms with Crippen LogP contribution in [0.15, 0.2) is 28.8 Å². The number of alkyl halides is 2. The van der Waals surface area contributed by atoms with Crippen molar-refractivity contribution in [3.63, 3.8) is 0 Å². The lowest BCUT2D eigenvalue weighted by Crippen LogP contribution is -1.99. The van der Waals surface area contributed by atoms with Crippen LogP contribution in [0.25, 0.3) is 11.4 Å². The highest BCUT2D eigenvalue weighted by Gasteiger charge is 2.11. The molecule has 1 N–H and O–H groups in total. The highest BCUT2D eigenvalue weighted by atomic mass is 19.3. The van der Waals surface area contributed by atoms with E-state index in [0.717, 1.165) is 0 Å². The van der Waals surface area contributed by atoms with Gasteiger partial charge in [-0.05, 0) is 11.6 Å². The van der Waals surface area contributed by atoms with Crippen molar-refractivity contribution in [1.82, 2.24) is 10.1 Å². The Hall–Kier alpha value is -2.35. The third-order valence-electron chi connectivity index (χ3n) is 2.58. The van der Waals surface area contributed by atoms with Crippen LogP contribution in [0.4, 0.5) is 8.78 Å². The third-order valence-corrected chi connectivity index (χ3v) is 2.58. The van der Waals surface area contributed by atoms with Gasteiger partial charge < -0.3 is 14.4 Å². The second-order valence-electron chi connectivity index (χ2n) is 4.18. The van der Waals surface area contributed by atoms with E-state index in [1.165, 1.54) is 0 Å². The molecule has 6 nitrogen and oxygen atoms in total. The van der Waals surface area contributed by atoms with Crippen molar-refractivity contribution < 1.29 is 27.9 Å². The minimum Gasteiger partial charge on any atom is -0.481 e. The summed E-state index contributed by atoms with van der Waals surface area (Å²) in [7, 11) is 0. The van der Waals surface area contributed by atoms with E-state index >= 15 is 0 Å². The zero-order chi connectivity index (χ0) is 15.2. The fraction of sp³-hybridized carbons (Fsp3) is 0.308. The van der Waals surface area contributed by atoms with Gasteiger partial charge in [-0.1, -0.05) is 23.4 Å². The van der Waals surface area contributed by atoms with E-state index in [1.54, 1.807) is 24.3 Å². The predicted molar refractivity (Wildman–Crippen MR) is 66.5 cm³/mol. The Morgan fingerprint density at radius 1 is 1.43 bits per heavy atom. The topological polar surface area (TPSA) is 85.5 Å². The molecule has 8 heteroatoms. The van der Waals surface area contributed by atoms with E-state index in [0.29, 0.717) is 11.1 Å². The van der Waals surface area contributed by atoms with Crippen LogP contribution in [0.2, 0.25) is 0 Å². The number of rotatable bonds is 7. The molecule has 0 amide bonds. The molecule has 2 aromatic rings. The molecule has 2 rings (SSSR count). The lowest BCUT2D eigenvalue weighted by Gasteiger charge is -2.03. The number of carboxylic acids is 1. The van der Waals surface area contributed by atoms with Crippen LogP contribution < -0.4 is 0 Å². The van der Waals surface area contributed by atoms with E-state index in [-0.39, 0.29) is 31.2 Å². The van der Waals surface area contributed by atoms with E-state index in [9.17, 15) is 13.6 Å². The van der Waals surface area contributed by atoms with Crippen LogP contribution in [0, 0.1) is 0 Å². The first kappa shape index (κ1) is 15.0. The summed E-state index contributed by atoms with van der Waals surface area (Å²) in [6.45, 7) is -3.06. The van der Waals surface area contributed by atoms with E-state index in [2.05, 4.69) is 14.9 Å². The number of aliphatic carboxylic acids is 1. The summed E-state index contributed by atoms with van der Waals surface area (Å²) < 4.78 is 33.1. The lowest BCUT2D eigenvalue weighted by atomic mass is 10.1. The van der Waals surface area contributed by atoms with Crippen LogP contribution in [-0.4, -0.2) is 27.8 Å². The number of halogens is 2. The first-order valence-electron chi connectivity index (χ1n) is 6.08. The third kappa shape index (κ3) is 4.60. The molecule has 1 heterocycles. The van der Waals surface area contributed by atoms with Crippen molar-refractivity contribution >= 4 is 5.97 Å². The van der Waals surface area contributed by atoms with Crippen molar-refractivity contribution in [3.8, 4) is 11.4 Å². The predicted octanol–water partition coefficient (Wildman–Crippen LogP) is 2.49. The van der Waals surface area contributed by atoms with Gasteiger partial charge >= 0.3 is 12.6 Å². The summed E-state index contributed by atoms with van der Waals surface area (Å²) in [6, 6.07) is 6.59. The van der Waals surface area contributed by atoms with Crippen LogP contribution in [0.3, 0.4) is 0 Å². The normalized spacial score (nSPS) is 11.0. The molecule has 0 saturated heterocycles. The molecule has 0 atom stereocenters. The fourth-order valence-corrected chi connectivity index (χ4v) is 1.65. The first-order chi connectivity index (χ1) is 10.0. The standard InChI is InChI=1S/C13H12F2N2O4/c14-13(15)20-7-8-2-1-3-9(6-8)12-16-10(21-17-12)4-5-11(18)19/h1-3,6,13H,4-5,7H2,(H,18,19). The largest absolute Gasteiger partial charge is 0.481 e. The van der Waals surface area contributed by atoms with Gasteiger partial charge in [-0.2, -0.15) is 13.8 Å². The average molecular weight is 298 g/mol. The highest BCUT2D eigenvalue weighted by Crippen LogP contribution is 2.18. The quantitative estimate of drug-likeness (QED) is 0.845. The minimum absolute atomic E-state index is 0.107. The van der Waals surface area contributed by atoms with Gasteiger partial charge in [0.15, 0.2) is 0 Å². The van der Waals surface area contributed by atoms with E-state index in [1.807, 2.05) is 0 Å². The molecule has 0 aliphatic rings. The average Bonchev–Trinajstić information content (AvgIpc) is 2.92. The Morgan fingerprint density at radius 3 is 2.95 bits per heavy atom. The minimum atomic E-state index is -2.83. The smallest absolute Gasteiger partial charge is 0.345 e. The van der Waals surface area contributed by atoms with Crippen molar-refractivity contribution in [3.05, 3.63) is 35.7 Å². The van der Waals surface area contributed by atoms with Gasteiger partial charge in [-0.25, -0.2) is 0 Å². The zero-order valence-corrected chi connectivity index (χ0v) is 10.8. The summed E-state index contributed by atoms with van der Waals surface area (Å²) >= 11 is 0. The molecule has 0 saturated carbocycles. The maximum Gasteiger partial charge on any atom is 0.345 e. The SMILES string of the molecule is O=C(O)CCc1nc(-c2cccc(COC(F)F)c2)no1. The molecule has 0 radical (unpaired) electrons. The summed E-state index contributed by atoms with van der Waals surface area (Å²) in [4.78, 5) is 14.5. The number of nitrogens with zero attached hydrogens (tertiary/aromatic N) is 2. The Morgan fingerprint density at radius 2 is 2.24 bits per heavy atom. The van der Waals surface area contributed by atoms with Crippen molar-refractivity contribution in [2.75, 3.05) is 0 Å². The Kier molecular flexibility index (Phi) is 4.94. The number of aromatic nitrogens is 2. The maximum absolute atomic E-state index is 12.0. The van der Waals surface area contributed by atoms with Crippen molar-refractivity contribution in [2.45, 2.75) is 26.1 Å². The molecule has 0 aliphatic heterocycles. The van der Waals surface area contributed by atoms with Crippen molar-refractivity contribution in [1.29, 1.82) is 0 Å². The number of hydrogen-bond donors (Lipinski definition) is 1. The molecule has 0 aliphatic carbocycles. The van der Waals surface area contributed by atoms with Gasteiger partial charge in [0.25, 0.3) is 0 Å². The Balaban J connectivity index is 2.07. The second kappa shape index (κ2) is 6.89. The molecular weight excluding hydrogens is 286 g/mol. The molecule has 21 heavy (non-hydrogen) atoms. The number of hydrogen-bond acceptors (Lipinski definition) is 5. The highest BCUT2D eigenvalue weighted by molar-refractivity contribution is 5.66. The van der Waals surface area contributed by atoms with Gasteiger partial charge in [-0.15, -0.1) is 0 Å². The summed E-state index contributed by atoms with van der Waals surface area (Å²) in [5.41, 5.74) is 1.13. The van der Waals surface area contributed by atoms with Gasteiger partial charge in [0.1, 0.15) is 0 Å². The van der Waals surface area contributed by atoms with Gasteiger partial charge in [0, 0.05) is 12.0 Å². The summed E-state index contributed by atoms with van der Waals surface area (Å²) in [5.74, 6) is -0.475. The number of benzene rings is 1. The van der Waals surface area contributed by atoms with Crippen molar-refractivity contribution in [2.24, 2.45) is 0 Å².